The Bertz CT molecular complexity index is 689. The molecule has 1 aliphatic heterocycles. The Morgan fingerprint density at radius 3 is 2.36 bits per heavy atom. The number of hydrogen-bond acceptors (Lipinski definition) is 2. The van der Waals surface area contributed by atoms with E-state index >= 15 is 0 Å². The lowest BCUT2D eigenvalue weighted by Gasteiger charge is -2.12. The van der Waals surface area contributed by atoms with Crippen LogP contribution in [0.5, 0.6) is 0 Å². The van der Waals surface area contributed by atoms with Crippen molar-refractivity contribution in [3.63, 3.8) is 0 Å². The predicted octanol–water partition coefficient (Wildman–Crippen LogP) is 2.61. The minimum atomic E-state index is 0. The summed E-state index contributed by atoms with van der Waals surface area (Å²) >= 11 is 0. The third kappa shape index (κ3) is 2.74. The van der Waals surface area contributed by atoms with Gasteiger partial charge < -0.3 is 10.6 Å². The molecule has 1 aliphatic carbocycles. The third-order valence-corrected chi connectivity index (χ3v) is 4.49. The fourth-order valence-corrected chi connectivity index (χ4v) is 3.37. The molecule has 0 spiro atoms. The van der Waals surface area contributed by atoms with Crippen LogP contribution in [-0.4, -0.2) is 11.9 Å². The number of carbonyl (C=O) groups is 1. The topological polar surface area (TPSA) is 41.1 Å². The van der Waals surface area contributed by atoms with Gasteiger partial charge in [0, 0.05) is 24.7 Å². The molecule has 0 saturated carbocycles. The molecular formula is C18H19ClN2O. The molecule has 1 heterocycles. The van der Waals surface area contributed by atoms with Gasteiger partial charge in [0.25, 0.3) is 5.91 Å². The zero-order chi connectivity index (χ0) is 14.2. The van der Waals surface area contributed by atoms with Crippen LogP contribution in [0, 0.1) is 0 Å². The maximum absolute atomic E-state index is 12.4. The number of hydrogen-bond donors (Lipinski definition) is 2. The van der Waals surface area contributed by atoms with Crippen molar-refractivity contribution < 1.29 is 4.79 Å². The average molecular weight is 315 g/mol. The van der Waals surface area contributed by atoms with Gasteiger partial charge >= 0.3 is 0 Å². The lowest BCUT2D eigenvalue weighted by Crippen LogP contribution is -2.35. The fourth-order valence-electron chi connectivity index (χ4n) is 3.37. The largest absolute Gasteiger partial charge is 0.349 e. The van der Waals surface area contributed by atoms with Gasteiger partial charge in [-0.15, -0.1) is 12.4 Å². The number of fused-ring (bicyclic) bond motifs is 2. The quantitative estimate of drug-likeness (QED) is 0.894. The van der Waals surface area contributed by atoms with Gasteiger partial charge in [-0.25, -0.2) is 0 Å². The highest BCUT2D eigenvalue weighted by molar-refractivity contribution is 5.94. The van der Waals surface area contributed by atoms with Crippen LogP contribution >= 0.6 is 12.4 Å². The van der Waals surface area contributed by atoms with Gasteiger partial charge in [0.2, 0.25) is 0 Å². The van der Waals surface area contributed by atoms with E-state index in [2.05, 4.69) is 41.0 Å². The van der Waals surface area contributed by atoms with Crippen LogP contribution < -0.4 is 10.6 Å². The molecule has 1 amide bonds. The number of amides is 1. The van der Waals surface area contributed by atoms with Gasteiger partial charge in [-0.1, -0.05) is 30.3 Å². The Morgan fingerprint density at radius 1 is 0.955 bits per heavy atom. The summed E-state index contributed by atoms with van der Waals surface area (Å²) in [4.78, 5) is 12.4. The van der Waals surface area contributed by atoms with E-state index in [4.69, 9.17) is 0 Å². The molecule has 22 heavy (non-hydrogen) atoms. The molecule has 2 aromatic rings. The van der Waals surface area contributed by atoms with Crippen LogP contribution in [0.4, 0.5) is 0 Å². The smallest absolute Gasteiger partial charge is 0.251 e. The van der Waals surface area contributed by atoms with Crippen molar-refractivity contribution in [2.24, 2.45) is 0 Å². The van der Waals surface area contributed by atoms with Crippen LogP contribution in [0.3, 0.4) is 0 Å². The highest BCUT2D eigenvalue weighted by Crippen LogP contribution is 2.22. The van der Waals surface area contributed by atoms with Crippen LogP contribution in [0.15, 0.2) is 42.5 Å². The monoisotopic (exact) mass is 314 g/mol. The molecule has 4 rings (SSSR count). The molecule has 0 fully saturated rings. The van der Waals surface area contributed by atoms with Gasteiger partial charge in [-0.3, -0.25) is 4.79 Å². The summed E-state index contributed by atoms with van der Waals surface area (Å²) in [5.74, 6) is 0.0440. The van der Waals surface area contributed by atoms with Crippen molar-refractivity contribution in [2.75, 3.05) is 0 Å². The van der Waals surface area contributed by atoms with Gasteiger partial charge in [-0.2, -0.15) is 0 Å². The van der Waals surface area contributed by atoms with Crippen molar-refractivity contribution in [1.82, 2.24) is 10.6 Å². The predicted molar refractivity (Wildman–Crippen MR) is 89.3 cm³/mol. The van der Waals surface area contributed by atoms with E-state index in [1.165, 1.54) is 22.3 Å². The maximum Gasteiger partial charge on any atom is 0.251 e. The van der Waals surface area contributed by atoms with E-state index in [1.54, 1.807) is 0 Å². The van der Waals surface area contributed by atoms with Gasteiger partial charge in [0.15, 0.2) is 0 Å². The Labute approximate surface area is 136 Å². The van der Waals surface area contributed by atoms with E-state index in [9.17, 15) is 4.79 Å². The Hall–Kier alpha value is -1.84. The molecule has 0 bridgehead atoms. The van der Waals surface area contributed by atoms with E-state index < -0.39 is 0 Å². The second kappa shape index (κ2) is 6.11. The highest BCUT2D eigenvalue weighted by Gasteiger charge is 2.23. The number of nitrogens with one attached hydrogen (secondary N) is 2. The van der Waals surface area contributed by atoms with Gasteiger partial charge in [0.05, 0.1) is 0 Å². The first-order chi connectivity index (χ1) is 10.3. The van der Waals surface area contributed by atoms with Crippen LogP contribution in [0.25, 0.3) is 0 Å². The molecule has 0 atom stereocenters. The summed E-state index contributed by atoms with van der Waals surface area (Å²) in [6.45, 7) is 1.78. The van der Waals surface area contributed by atoms with E-state index in [0.29, 0.717) is 0 Å². The van der Waals surface area contributed by atoms with Crippen molar-refractivity contribution in [3.05, 3.63) is 70.3 Å². The number of rotatable bonds is 2. The maximum atomic E-state index is 12.4. The normalized spacial score (nSPS) is 15.8. The van der Waals surface area contributed by atoms with Crippen molar-refractivity contribution in [3.8, 4) is 0 Å². The van der Waals surface area contributed by atoms with Crippen LogP contribution in [0.1, 0.15) is 32.6 Å². The molecule has 0 unspecified atom stereocenters. The molecule has 0 radical (unpaired) electrons. The van der Waals surface area contributed by atoms with E-state index in [0.717, 1.165) is 31.5 Å². The van der Waals surface area contributed by atoms with Crippen molar-refractivity contribution in [1.29, 1.82) is 0 Å². The lowest BCUT2D eigenvalue weighted by atomic mass is 10.1. The SMILES string of the molecule is Cl.O=C(NC1Cc2ccccc2C1)c1ccc2c(c1)CNC2. The lowest BCUT2D eigenvalue weighted by molar-refractivity contribution is 0.0938. The van der Waals surface area contributed by atoms with Crippen molar-refractivity contribution in [2.45, 2.75) is 32.0 Å². The molecule has 4 heteroatoms. The summed E-state index contributed by atoms with van der Waals surface area (Å²) in [6.07, 6.45) is 1.88. The first kappa shape index (κ1) is 15.1. The summed E-state index contributed by atoms with van der Waals surface area (Å²) in [6, 6.07) is 14.7. The number of benzene rings is 2. The van der Waals surface area contributed by atoms with E-state index in [-0.39, 0.29) is 24.4 Å². The first-order valence-electron chi connectivity index (χ1n) is 7.50. The molecular weight excluding hydrogens is 296 g/mol. The molecule has 2 aromatic carbocycles. The number of halogens is 1. The molecule has 114 valence electrons. The second-order valence-electron chi connectivity index (χ2n) is 5.93. The Morgan fingerprint density at radius 2 is 1.64 bits per heavy atom. The second-order valence-corrected chi connectivity index (χ2v) is 5.93. The Kier molecular flexibility index (Phi) is 4.19. The van der Waals surface area contributed by atoms with Crippen LogP contribution in [0.2, 0.25) is 0 Å². The number of carbonyl (C=O) groups excluding carboxylic acids is 1. The fraction of sp³-hybridized carbons (Fsp3) is 0.278. The van der Waals surface area contributed by atoms with Crippen molar-refractivity contribution >= 4 is 18.3 Å². The van der Waals surface area contributed by atoms with Gasteiger partial charge in [0.1, 0.15) is 0 Å². The third-order valence-electron chi connectivity index (χ3n) is 4.49. The molecule has 2 N–H and O–H groups in total. The minimum absolute atomic E-state index is 0. The Balaban J connectivity index is 0.00000144. The zero-order valence-electron chi connectivity index (χ0n) is 12.3. The highest BCUT2D eigenvalue weighted by atomic mass is 35.5. The standard InChI is InChI=1S/C18H18N2O.ClH/c21-18(14-5-6-15-10-19-11-16(15)7-14)20-17-8-12-3-1-2-4-13(12)9-17;/h1-7,17,19H,8-11H2,(H,20,21);1H. The molecule has 0 aromatic heterocycles. The van der Waals surface area contributed by atoms with Gasteiger partial charge in [-0.05, 0) is 47.2 Å². The minimum Gasteiger partial charge on any atom is -0.349 e. The van der Waals surface area contributed by atoms with Crippen LogP contribution in [-0.2, 0) is 25.9 Å². The first-order valence-corrected chi connectivity index (χ1v) is 7.50. The molecule has 0 saturated heterocycles. The van der Waals surface area contributed by atoms with E-state index in [1.807, 2.05) is 12.1 Å². The summed E-state index contributed by atoms with van der Waals surface area (Å²) in [5, 5.41) is 6.48. The summed E-state index contributed by atoms with van der Waals surface area (Å²) in [7, 11) is 0. The summed E-state index contributed by atoms with van der Waals surface area (Å²) < 4.78 is 0. The average Bonchev–Trinajstić information content (AvgIpc) is 3.11. The molecule has 2 aliphatic rings. The summed E-state index contributed by atoms with van der Waals surface area (Å²) in [5.41, 5.74) is 6.05. The molecule has 3 nitrogen and oxygen atoms in total. The zero-order valence-corrected chi connectivity index (χ0v) is 13.1.